The van der Waals surface area contributed by atoms with Crippen LogP contribution in [0.25, 0.3) is 10.9 Å². The number of carbonyl (C=O) groups excluding carboxylic acids is 1. The molecule has 100 valence electrons. The van der Waals surface area contributed by atoms with Gasteiger partial charge in [-0.1, -0.05) is 17.7 Å². The zero-order valence-corrected chi connectivity index (χ0v) is 11.1. The molecule has 0 aliphatic heterocycles. The van der Waals surface area contributed by atoms with Gasteiger partial charge in [0.2, 0.25) is 0 Å². The van der Waals surface area contributed by atoms with E-state index in [0.29, 0.717) is 17.3 Å². The molecule has 0 spiro atoms. The normalized spacial score (nSPS) is 10.8. The number of carbonyl (C=O) groups is 1. The van der Waals surface area contributed by atoms with Crippen LogP contribution in [0.4, 0.5) is 0 Å². The van der Waals surface area contributed by atoms with E-state index in [2.05, 4.69) is 9.97 Å². The molecule has 0 fully saturated rings. The zero-order chi connectivity index (χ0) is 14.1. The number of benzene rings is 1. The number of fused-ring (bicyclic) bond motifs is 1. The second kappa shape index (κ2) is 4.94. The molecule has 2 heterocycles. The summed E-state index contributed by atoms with van der Waals surface area (Å²) in [5, 5.41) is 1.53. The third-order valence-corrected chi connectivity index (χ3v) is 3.08. The SMILES string of the molecule is NC(=O)c1coc(Cc2ccc3ncc(Cl)cc3c2)n1. The molecule has 6 heteroatoms. The number of hydrogen-bond donors (Lipinski definition) is 1. The molecular weight excluding hydrogens is 278 g/mol. The summed E-state index contributed by atoms with van der Waals surface area (Å²) in [7, 11) is 0. The lowest BCUT2D eigenvalue weighted by Gasteiger charge is -2.01. The molecule has 2 N–H and O–H groups in total. The highest BCUT2D eigenvalue weighted by molar-refractivity contribution is 6.31. The lowest BCUT2D eigenvalue weighted by Crippen LogP contribution is -2.11. The number of nitrogens with two attached hydrogens (primary N) is 1. The maximum atomic E-state index is 11.0. The van der Waals surface area contributed by atoms with Gasteiger partial charge in [0.15, 0.2) is 11.6 Å². The minimum absolute atomic E-state index is 0.130. The molecule has 20 heavy (non-hydrogen) atoms. The van der Waals surface area contributed by atoms with Crippen LogP contribution in [0.2, 0.25) is 5.02 Å². The molecule has 2 aromatic heterocycles. The maximum absolute atomic E-state index is 11.0. The van der Waals surface area contributed by atoms with Crippen LogP contribution >= 0.6 is 11.6 Å². The predicted octanol–water partition coefficient (Wildman–Crippen LogP) is 2.57. The van der Waals surface area contributed by atoms with Crippen LogP contribution in [0.1, 0.15) is 21.9 Å². The van der Waals surface area contributed by atoms with Crippen molar-refractivity contribution < 1.29 is 9.21 Å². The van der Waals surface area contributed by atoms with Crippen molar-refractivity contribution in [2.75, 3.05) is 0 Å². The van der Waals surface area contributed by atoms with Crippen molar-refractivity contribution in [3.05, 3.63) is 58.9 Å². The van der Waals surface area contributed by atoms with E-state index in [0.717, 1.165) is 16.5 Å². The van der Waals surface area contributed by atoms with Crippen molar-refractivity contribution in [2.24, 2.45) is 5.73 Å². The molecule has 3 aromatic rings. The lowest BCUT2D eigenvalue weighted by atomic mass is 10.1. The number of oxazole rings is 1. The minimum Gasteiger partial charge on any atom is -0.448 e. The van der Waals surface area contributed by atoms with E-state index in [-0.39, 0.29) is 5.69 Å². The first-order valence-electron chi connectivity index (χ1n) is 5.90. The third kappa shape index (κ3) is 2.48. The van der Waals surface area contributed by atoms with Crippen molar-refractivity contribution in [1.82, 2.24) is 9.97 Å². The Morgan fingerprint density at radius 2 is 2.20 bits per heavy atom. The largest absolute Gasteiger partial charge is 0.448 e. The first-order valence-corrected chi connectivity index (χ1v) is 6.28. The molecule has 0 bridgehead atoms. The average molecular weight is 288 g/mol. The Morgan fingerprint density at radius 1 is 1.35 bits per heavy atom. The number of pyridine rings is 1. The molecule has 1 aromatic carbocycles. The fraction of sp³-hybridized carbons (Fsp3) is 0.0714. The van der Waals surface area contributed by atoms with Crippen LogP contribution in [0, 0.1) is 0 Å². The molecule has 0 atom stereocenters. The monoisotopic (exact) mass is 287 g/mol. The number of halogens is 1. The fourth-order valence-electron chi connectivity index (χ4n) is 1.94. The molecule has 1 amide bonds. The molecule has 0 radical (unpaired) electrons. The topological polar surface area (TPSA) is 82.0 Å². The van der Waals surface area contributed by atoms with Gasteiger partial charge >= 0.3 is 0 Å². The van der Waals surface area contributed by atoms with Gasteiger partial charge in [0, 0.05) is 18.0 Å². The lowest BCUT2D eigenvalue weighted by molar-refractivity contribution is 0.0995. The first-order chi connectivity index (χ1) is 9.61. The van der Waals surface area contributed by atoms with Gasteiger partial charge in [0.25, 0.3) is 5.91 Å². The smallest absolute Gasteiger partial charge is 0.270 e. The van der Waals surface area contributed by atoms with Gasteiger partial charge in [-0.3, -0.25) is 9.78 Å². The minimum atomic E-state index is -0.602. The van der Waals surface area contributed by atoms with Crippen LogP contribution in [0.15, 0.2) is 41.1 Å². The number of amides is 1. The Labute approximate surface area is 119 Å². The van der Waals surface area contributed by atoms with Crippen LogP contribution in [-0.4, -0.2) is 15.9 Å². The van der Waals surface area contributed by atoms with E-state index < -0.39 is 5.91 Å². The van der Waals surface area contributed by atoms with E-state index in [9.17, 15) is 4.79 Å². The predicted molar refractivity (Wildman–Crippen MR) is 74.6 cm³/mol. The summed E-state index contributed by atoms with van der Waals surface area (Å²) in [6, 6.07) is 7.64. The standard InChI is InChI=1S/C14H10ClN3O2/c15-10-5-9-3-8(1-2-11(9)17-6-10)4-13-18-12(7-20-13)14(16)19/h1-3,5-7H,4H2,(H2,16,19). The second-order valence-electron chi connectivity index (χ2n) is 4.35. The van der Waals surface area contributed by atoms with Crippen LogP contribution in [-0.2, 0) is 6.42 Å². The number of aromatic nitrogens is 2. The van der Waals surface area contributed by atoms with E-state index in [1.165, 1.54) is 6.26 Å². The van der Waals surface area contributed by atoms with Crippen molar-refractivity contribution in [2.45, 2.75) is 6.42 Å². The van der Waals surface area contributed by atoms with Gasteiger partial charge in [0.1, 0.15) is 6.26 Å². The molecule has 3 rings (SSSR count). The van der Waals surface area contributed by atoms with E-state index in [4.69, 9.17) is 21.8 Å². The molecule has 0 aliphatic carbocycles. The van der Waals surface area contributed by atoms with E-state index in [1.54, 1.807) is 6.20 Å². The number of primary amides is 1. The maximum Gasteiger partial charge on any atom is 0.270 e. The molecule has 0 aliphatic rings. The Bertz CT molecular complexity index is 798. The van der Waals surface area contributed by atoms with Crippen molar-refractivity contribution in [1.29, 1.82) is 0 Å². The van der Waals surface area contributed by atoms with Crippen LogP contribution in [0.5, 0.6) is 0 Å². The summed E-state index contributed by atoms with van der Waals surface area (Å²) in [6.07, 6.45) is 3.34. The van der Waals surface area contributed by atoms with E-state index >= 15 is 0 Å². The molecule has 0 saturated heterocycles. The molecule has 0 unspecified atom stereocenters. The second-order valence-corrected chi connectivity index (χ2v) is 4.78. The summed E-state index contributed by atoms with van der Waals surface area (Å²) in [5.41, 5.74) is 7.11. The highest BCUT2D eigenvalue weighted by Crippen LogP contribution is 2.19. The first kappa shape index (κ1) is 12.6. The van der Waals surface area contributed by atoms with E-state index in [1.807, 2.05) is 24.3 Å². The van der Waals surface area contributed by atoms with Crippen molar-refractivity contribution in [3.63, 3.8) is 0 Å². The fourth-order valence-corrected chi connectivity index (χ4v) is 2.11. The Hall–Kier alpha value is -2.40. The number of nitrogens with zero attached hydrogens (tertiary/aromatic N) is 2. The highest BCUT2D eigenvalue weighted by Gasteiger charge is 2.09. The summed E-state index contributed by atoms with van der Waals surface area (Å²) < 4.78 is 5.21. The van der Waals surface area contributed by atoms with Gasteiger partial charge in [0.05, 0.1) is 10.5 Å². The zero-order valence-electron chi connectivity index (χ0n) is 10.3. The quantitative estimate of drug-likeness (QED) is 0.802. The van der Waals surface area contributed by atoms with Crippen LogP contribution < -0.4 is 5.73 Å². The highest BCUT2D eigenvalue weighted by atomic mass is 35.5. The van der Waals surface area contributed by atoms with Crippen LogP contribution in [0.3, 0.4) is 0 Å². The third-order valence-electron chi connectivity index (χ3n) is 2.87. The Morgan fingerprint density at radius 3 is 2.95 bits per heavy atom. The van der Waals surface area contributed by atoms with Gasteiger partial charge in [-0.2, -0.15) is 0 Å². The summed E-state index contributed by atoms with van der Waals surface area (Å²) >= 11 is 5.92. The van der Waals surface area contributed by atoms with Gasteiger partial charge in [-0.05, 0) is 23.8 Å². The Kier molecular flexibility index (Phi) is 3.12. The number of hydrogen-bond acceptors (Lipinski definition) is 4. The van der Waals surface area contributed by atoms with Crippen molar-refractivity contribution >= 4 is 28.4 Å². The van der Waals surface area contributed by atoms with Crippen molar-refractivity contribution in [3.8, 4) is 0 Å². The molecular formula is C14H10ClN3O2. The van der Waals surface area contributed by atoms with Gasteiger partial charge < -0.3 is 10.2 Å². The molecule has 5 nitrogen and oxygen atoms in total. The average Bonchev–Trinajstić information content (AvgIpc) is 2.87. The number of rotatable bonds is 3. The summed E-state index contributed by atoms with van der Waals surface area (Å²) in [5.74, 6) is -0.164. The van der Waals surface area contributed by atoms with Gasteiger partial charge in [-0.25, -0.2) is 4.98 Å². The summed E-state index contributed by atoms with van der Waals surface area (Å²) in [4.78, 5) is 19.2. The molecule has 0 saturated carbocycles. The summed E-state index contributed by atoms with van der Waals surface area (Å²) in [6.45, 7) is 0. The van der Waals surface area contributed by atoms with Gasteiger partial charge in [-0.15, -0.1) is 0 Å². The Balaban J connectivity index is 1.91.